The Hall–Kier alpha value is -1.71. The van der Waals surface area contributed by atoms with E-state index in [1.807, 2.05) is 24.3 Å². The average molecular weight is 667 g/mol. The Morgan fingerprint density at radius 3 is 2.13 bits per heavy atom. The molecule has 1 saturated carbocycles. The lowest BCUT2D eigenvalue weighted by atomic mass is 9.83. The van der Waals surface area contributed by atoms with Crippen molar-refractivity contribution < 1.29 is 18.7 Å². The van der Waals surface area contributed by atoms with Crippen LogP contribution in [0.5, 0.6) is 5.75 Å². The van der Waals surface area contributed by atoms with E-state index in [-0.39, 0.29) is 46.6 Å². The van der Waals surface area contributed by atoms with Gasteiger partial charge in [0.05, 0.1) is 12.2 Å². The number of hydrogen-bond donors (Lipinski definition) is 1. The van der Waals surface area contributed by atoms with Crippen LogP contribution in [-0.4, -0.2) is 40.6 Å². The zero-order valence-electron chi connectivity index (χ0n) is 31.1. The van der Waals surface area contributed by atoms with E-state index in [1.165, 1.54) is 24.8 Å². The molecule has 1 N–H and O–H groups in total. The Balaban J connectivity index is 1.93. The quantitative estimate of drug-likeness (QED) is 0.110. The minimum atomic E-state index is -2.03. The van der Waals surface area contributed by atoms with Crippen LogP contribution in [0, 0.1) is 17.8 Å². The van der Waals surface area contributed by atoms with Crippen molar-refractivity contribution in [3.05, 3.63) is 77.9 Å². The summed E-state index contributed by atoms with van der Waals surface area (Å²) in [6, 6.07) is 18.9. The van der Waals surface area contributed by atoms with Gasteiger partial charge in [-0.1, -0.05) is 122 Å². The van der Waals surface area contributed by atoms with E-state index in [0.29, 0.717) is 6.61 Å². The third-order valence-corrected chi connectivity index (χ3v) is 20.1. The van der Waals surface area contributed by atoms with Crippen molar-refractivity contribution in [2.45, 2.75) is 142 Å². The second-order valence-corrected chi connectivity index (χ2v) is 26.3. The fraction of sp³-hybridized carbons (Fsp3) is 0.650. The highest BCUT2D eigenvalue weighted by Gasteiger charge is 2.47. The Bertz CT molecular complexity index is 1210. The van der Waals surface area contributed by atoms with Crippen molar-refractivity contribution in [2.24, 2.45) is 17.8 Å². The average Bonchev–Trinajstić information content (AvgIpc) is 3.29. The molecule has 1 unspecified atom stereocenters. The van der Waals surface area contributed by atoms with Crippen molar-refractivity contribution in [3.63, 3.8) is 0 Å². The lowest BCUT2D eigenvalue weighted by molar-refractivity contribution is 0.146. The maximum absolute atomic E-state index is 10.7. The van der Waals surface area contributed by atoms with Gasteiger partial charge in [-0.05, 0) is 90.6 Å². The molecule has 0 radical (unpaired) electrons. The van der Waals surface area contributed by atoms with Crippen molar-refractivity contribution in [1.82, 2.24) is 0 Å². The van der Waals surface area contributed by atoms with Gasteiger partial charge in [0.1, 0.15) is 12.4 Å². The summed E-state index contributed by atoms with van der Waals surface area (Å²) in [4.78, 5) is 0. The summed E-state index contributed by atoms with van der Waals surface area (Å²) in [5, 5.41) is 11.0. The molecule has 1 fully saturated rings. The predicted octanol–water partition coefficient (Wildman–Crippen LogP) is 11.0. The van der Waals surface area contributed by atoms with Crippen molar-refractivity contribution in [1.29, 1.82) is 0 Å². The van der Waals surface area contributed by atoms with Crippen LogP contribution in [0.3, 0.4) is 0 Å². The SMILES string of the molecule is CCCCC[C@@H](/C=C/[C@H]1C(O[Si](C)(C)C(C)(C)C)C[C@H](CO)[C@@H]1Cc1cccc(OCc2ccccc2)c1)O[Si](C)(C)C(C)(C)C. The molecule has 0 amide bonds. The number of hydrogen-bond acceptors (Lipinski definition) is 4. The molecule has 3 rings (SSSR count). The summed E-state index contributed by atoms with van der Waals surface area (Å²) >= 11 is 0. The van der Waals surface area contributed by atoms with Crippen LogP contribution in [0.2, 0.25) is 36.3 Å². The summed E-state index contributed by atoms with van der Waals surface area (Å²) in [7, 11) is -3.98. The summed E-state index contributed by atoms with van der Waals surface area (Å²) in [6.45, 7) is 26.4. The highest BCUT2D eigenvalue weighted by Crippen LogP contribution is 2.47. The van der Waals surface area contributed by atoms with Crippen LogP contribution in [0.15, 0.2) is 66.7 Å². The molecule has 0 aromatic heterocycles. The molecule has 0 heterocycles. The van der Waals surface area contributed by atoms with Crippen LogP contribution in [-0.2, 0) is 21.9 Å². The van der Waals surface area contributed by atoms with Crippen LogP contribution in [0.4, 0.5) is 0 Å². The molecule has 4 nitrogen and oxygen atoms in total. The first-order valence-electron chi connectivity index (χ1n) is 17.9. The topological polar surface area (TPSA) is 47.9 Å². The van der Waals surface area contributed by atoms with Gasteiger partial charge in [0.15, 0.2) is 16.6 Å². The van der Waals surface area contributed by atoms with E-state index in [9.17, 15) is 5.11 Å². The first-order chi connectivity index (χ1) is 21.5. The number of aliphatic hydroxyl groups is 1. The Kier molecular flexibility index (Phi) is 14.0. The van der Waals surface area contributed by atoms with Gasteiger partial charge >= 0.3 is 0 Å². The van der Waals surface area contributed by atoms with Gasteiger partial charge in [0.25, 0.3) is 0 Å². The van der Waals surface area contributed by atoms with Crippen LogP contribution in [0.25, 0.3) is 0 Å². The highest BCUT2D eigenvalue weighted by molar-refractivity contribution is 6.74. The van der Waals surface area contributed by atoms with E-state index >= 15 is 0 Å². The van der Waals surface area contributed by atoms with Crippen LogP contribution in [0.1, 0.15) is 91.7 Å². The van der Waals surface area contributed by atoms with Gasteiger partial charge in [-0.25, -0.2) is 0 Å². The largest absolute Gasteiger partial charge is 0.489 e. The molecule has 0 spiro atoms. The molecule has 1 aliphatic rings. The molecule has 0 bridgehead atoms. The standard InChI is InChI=1S/C40H66O4Si2/c1-12-13-15-22-34(43-45(8,9)39(2,3)4)24-25-36-37(33(29-41)28-38(36)44-46(10,11)40(5,6)7)27-32-21-18-23-35(26-32)42-30-31-19-16-14-17-20-31/h14,16-21,23-26,33-34,36-38,41H,12-13,15,22,27-30H2,1-11H3/b25-24+/t33-,34+,36-,37+,38?/m1/s1. The summed E-state index contributed by atoms with van der Waals surface area (Å²) in [6.07, 6.45) is 11.4. The fourth-order valence-corrected chi connectivity index (χ4v) is 8.72. The minimum Gasteiger partial charge on any atom is -0.489 e. The smallest absolute Gasteiger partial charge is 0.192 e. The first kappa shape index (κ1) is 38.7. The molecular formula is C40H66O4Si2. The van der Waals surface area contributed by atoms with Gasteiger partial charge in [0.2, 0.25) is 0 Å². The van der Waals surface area contributed by atoms with E-state index in [4.69, 9.17) is 13.6 Å². The van der Waals surface area contributed by atoms with Gasteiger partial charge in [-0.3, -0.25) is 0 Å². The van der Waals surface area contributed by atoms with Crippen molar-refractivity contribution in [2.75, 3.05) is 6.61 Å². The molecular weight excluding hydrogens is 601 g/mol. The Morgan fingerprint density at radius 1 is 0.870 bits per heavy atom. The number of ether oxygens (including phenoxy) is 1. The maximum Gasteiger partial charge on any atom is 0.192 e. The number of benzene rings is 2. The molecule has 5 atom stereocenters. The number of unbranched alkanes of at least 4 members (excludes halogenated alkanes) is 2. The number of rotatable bonds is 16. The summed E-state index contributed by atoms with van der Waals surface area (Å²) in [5.41, 5.74) is 2.41. The molecule has 2 aromatic carbocycles. The number of aliphatic hydroxyl groups excluding tert-OH is 1. The van der Waals surface area contributed by atoms with Crippen molar-refractivity contribution in [3.8, 4) is 5.75 Å². The Labute approximate surface area is 284 Å². The summed E-state index contributed by atoms with van der Waals surface area (Å²) in [5.74, 6) is 1.54. The minimum absolute atomic E-state index is 0.0842. The van der Waals surface area contributed by atoms with E-state index < -0.39 is 16.6 Å². The van der Waals surface area contributed by atoms with E-state index in [0.717, 1.165) is 30.6 Å². The van der Waals surface area contributed by atoms with Crippen LogP contribution < -0.4 is 4.74 Å². The highest BCUT2D eigenvalue weighted by atomic mass is 28.4. The lowest BCUT2D eigenvalue weighted by Crippen LogP contribution is -2.45. The molecule has 6 heteroatoms. The zero-order chi connectivity index (χ0) is 34.2. The second kappa shape index (κ2) is 16.6. The lowest BCUT2D eigenvalue weighted by Gasteiger charge is -2.40. The normalized spacial score (nSPS) is 22.0. The summed E-state index contributed by atoms with van der Waals surface area (Å²) < 4.78 is 20.4. The molecule has 0 aliphatic heterocycles. The van der Waals surface area contributed by atoms with E-state index in [2.05, 4.69) is 117 Å². The zero-order valence-corrected chi connectivity index (χ0v) is 33.1. The third kappa shape index (κ3) is 10.9. The predicted molar refractivity (Wildman–Crippen MR) is 201 cm³/mol. The van der Waals surface area contributed by atoms with Gasteiger partial charge < -0.3 is 18.7 Å². The fourth-order valence-electron chi connectivity index (χ4n) is 6.05. The monoisotopic (exact) mass is 666 g/mol. The van der Waals surface area contributed by atoms with E-state index in [1.54, 1.807) is 0 Å². The molecule has 2 aromatic rings. The molecule has 1 aliphatic carbocycles. The molecule has 258 valence electrons. The Morgan fingerprint density at radius 2 is 1.52 bits per heavy atom. The van der Waals surface area contributed by atoms with Gasteiger partial charge in [0, 0.05) is 12.5 Å². The third-order valence-electron chi connectivity index (χ3n) is 11.1. The van der Waals surface area contributed by atoms with Crippen LogP contribution >= 0.6 is 0 Å². The van der Waals surface area contributed by atoms with Gasteiger partial charge in [-0.2, -0.15) is 0 Å². The van der Waals surface area contributed by atoms with Gasteiger partial charge in [-0.15, -0.1) is 0 Å². The van der Waals surface area contributed by atoms with Crippen molar-refractivity contribution >= 4 is 16.6 Å². The maximum atomic E-state index is 10.7. The molecule has 0 saturated heterocycles. The molecule has 46 heavy (non-hydrogen) atoms. The second-order valence-electron chi connectivity index (χ2n) is 16.8. The first-order valence-corrected chi connectivity index (χ1v) is 23.7.